The van der Waals surface area contributed by atoms with Crippen molar-refractivity contribution >= 4 is 23.4 Å². The van der Waals surface area contributed by atoms with E-state index in [2.05, 4.69) is 15.7 Å². The van der Waals surface area contributed by atoms with Crippen LogP contribution in [0.25, 0.3) is 0 Å². The smallest absolute Gasteiger partial charge is 0.353 e. The fourth-order valence-electron chi connectivity index (χ4n) is 2.67. The zero-order chi connectivity index (χ0) is 17.9. The lowest BCUT2D eigenvalue weighted by atomic mass is 10.2. The van der Waals surface area contributed by atoms with Crippen LogP contribution in [-0.2, 0) is 11.8 Å². The summed E-state index contributed by atoms with van der Waals surface area (Å²) >= 11 is 5.90. The summed E-state index contributed by atoms with van der Waals surface area (Å²) in [5.74, 6) is -1.04. The maximum atomic E-state index is 12.1. The Morgan fingerprint density at radius 1 is 1.33 bits per heavy atom. The van der Waals surface area contributed by atoms with E-state index in [-0.39, 0.29) is 22.8 Å². The molecule has 2 N–H and O–H groups in total. The number of rotatable bonds is 5. The molecule has 1 heterocycles. The summed E-state index contributed by atoms with van der Waals surface area (Å²) in [4.78, 5) is 23.6. The van der Waals surface area contributed by atoms with Crippen molar-refractivity contribution < 1.29 is 22.8 Å². The minimum atomic E-state index is -4.34. The molecule has 24 heavy (non-hydrogen) atoms. The average molecular weight is 367 g/mol. The van der Waals surface area contributed by atoms with Crippen molar-refractivity contribution in [2.45, 2.75) is 50.4 Å². The molecule has 1 saturated carbocycles. The predicted molar refractivity (Wildman–Crippen MR) is 80.5 cm³/mol. The maximum Gasteiger partial charge on any atom is 0.389 e. The van der Waals surface area contributed by atoms with E-state index >= 15 is 0 Å². The molecule has 6 nitrogen and oxygen atoms in total. The highest BCUT2D eigenvalue weighted by atomic mass is 35.5. The first-order chi connectivity index (χ1) is 11.1. The summed E-state index contributed by atoms with van der Waals surface area (Å²) in [6, 6.07) is -0.418. The van der Waals surface area contributed by atoms with Crippen molar-refractivity contribution in [3.63, 3.8) is 0 Å². The van der Waals surface area contributed by atoms with Gasteiger partial charge in [0.1, 0.15) is 0 Å². The Labute approximate surface area is 141 Å². The van der Waals surface area contributed by atoms with E-state index in [0.717, 1.165) is 0 Å². The lowest BCUT2D eigenvalue weighted by Crippen LogP contribution is -2.37. The molecule has 134 valence electrons. The van der Waals surface area contributed by atoms with Gasteiger partial charge in [-0.05, 0) is 19.3 Å². The van der Waals surface area contributed by atoms with Crippen molar-refractivity contribution in [1.82, 2.24) is 20.4 Å². The lowest BCUT2D eigenvalue weighted by Gasteiger charge is -2.15. The molecule has 1 fully saturated rings. The molecule has 2 rings (SSSR count). The summed E-state index contributed by atoms with van der Waals surface area (Å²) in [6.45, 7) is 0. The first kappa shape index (κ1) is 18.6. The van der Waals surface area contributed by atoms with Gasteiger partial charge < -0.3 is 10.6 Å². The van der Waals surface area contributed by atoms with Crippen LogP contribution in [0.15, 0.2) is 6.20 Å². The molecule has 0 aliphatic heterocycles. The summed E-state index contributed by atoms with van der Waals surface area (Å²) in [5.41, 5.74) is 0.122. The summed E-state index contributed by atoms with van der Waals surface area (Å²) in [5, 5.41) is 9.56. The summed E-state index contributed by atoms with van der Waals surface area (Å²) in [6.07, 6.45) is -2.86. The van der Waals surface area contributed by atoms with Gasteiger partial charge in [-0.1, -0.05) is 11.6 Å². The van der Waals surface area contributed by atoms with E-state index in [1.165, 1.54) is 10.9 Å². The third-order valence-electron chi connectivity index (χ3n) is 3.77. The Kier molecular flexibility index (Phi) is 5.74. The van der Waals surface area contributed by atoms with Crippen LogP contribution in [0.5, 0.6) is 0 Å². The quantitative estimate of drug-likeness (QED) is 0.838. The maximum absolute atomic E-state index is 12.1. The number of hydrogen-bond donors (Lipinski definition) is 2. The van der Waals surface area contributed by atoms with E-state index in [1.54, 1.807) is 7.05 Å². The first-order valence-electron chi connectivity index (χ1n) is 7.50. The van der Waals surface area contributed by atoms with Gasteiger partial charge in [-0.15, -0.1) is 0 Å². The summed E-state index contributed by atoms with van der Waals surface area (Å²) < 4.78 is 37.7. The minimum Gasteiger partial charge on any atom is -0.353 e. The number of carbonyl (C=O) groups is 2. The van der Waals surface area contributed by atoms with E-state index in [0.29, 0.717) is 19.3 Å². The highest BCUT2D eigenvalue weighted by Gasteiger charge is 2.31. The zero-order valence-corrected chi connectivity index (χ0v) is 13.7. The third kappa shape index (κ3) is 5.40. The van der Waals surface area contributed by atoms with Gasteiger partial charge in [0.2, 0.25) is 5.91 Å². The minimum absolute atomic E-state index is 0.122. The van der Waals surface area contributed by atoms with Gasteiger partial charge in [-0.3, -0.25) is 14.3 Å². The van der Waals surface area contributed by atoms with Crippen LogP contribution in [0.3, 0.4) is 0 Å². The van der Waals surface area contributed by atoms with Crippen LogP contribution in [-0.4, -0.2) is 39.9 Å². The molecule has 1 aliphatic rings. The number of carbonyl (C=O) groups excluding carboxylic acids is 2. The Bertz CT molecular complexity index is 618. The Hall–Kier alpha value is -1.77. The fraction of sp³-hybridized carbons (Fsp3) is 0.643. The van der Waals surface area contributed by atoms with Crippen molar-refractivity contribution in [3.05, 3.63) is 16.9 Å². The molecule has 1 aromatic heterocycles. The molecule has 0 bridgehead atoms. The van der Waals surface area contributed by atoms with Crippen molar-refractivity contribution in [3.8, 4) is 0 Å². The van der Waals surface area contributed by atoms with Crippen LogP contribution in [0.2, 0.25) is 5.02 Å². The number of halogens is 4. The molecule has 0 radical (unpaired) electrons. The van der Waals surface area contributed by atoms with Gasteiger partial charge in [-0.2, -0.15) is 18.3 Å². The molecule has 0 saturated heterocycles. The standard InChI is InChI=1S/C14H18ClF3N4O2/c1-22-7-10(15)12(21-22)13(24)20-9-3-2-8(6-9)19-11(23)4-5-14(16,17)18/h7-9H,2-6H2,1H3,(H,19,23)(H,20,24)/t8-,9+/m1/s1. The van der Waals surface area contributed by atoms with Gasteiger partial charge >= 0.3 is 6.18 Å². The van der Waals surface area contributed by atoms with Gasteiger partial charge in [-0.25, -0.2) is 0 Å². The largest absolute Gasteiger partial charge is 0.389 e. The van der Waals surface area contributed by atoms with Crippen LogP contribution < -0.4 is 10.6 Å². The Morgan fingerprint density at radius 3 is 2.50 bits per heavy atom. The molecule has 0 aromatic carbocycles. The predicted octanol–water partition coefficient (Wildman–Crippen LogP) is 2.18. The summed E-state index contributed by atoms with van der Waals surface area (Å²) in [7, 11) is 1.64. The molecule has 2 atom stereocenters. The SMILES string of the molecule is Cn1cc(Cl)c(C(=O)N[C@H]2CC[C@@H](NC(=O)CCC(F)(F)F)C2)n1. The van der Waals surface area contributed by atoms with Gasteiger partial charge in [0.25, 0.3) is 5.91 Å². The van der Waals surface area contributed by atoms with Crippen molar-refractivity contribution in [2.24, 2.45) is 7.05 Å². The van der Waals surface area contributed by atoms with Crippen LogP contribution in [0.4, 0.5) is 13.2 Å². The van der Waals surface area contributed by atoms with E-state index in [4.69, 9.17) is 11.6 Å². The van der Waals surface area contributed by atoms with Crippen molar-refractivity contribution in [2.75, 3.05) is 0 Å². The molecule has 0 unspecified atom stereocenters. The van der Waals surface area contributed by atoms with Crippen LogP contribution >= 0.6 is 11.6 Å². The van der Waals surface area contributed by atoms with Gasteiger partial charge in [0.15, 0.2) is 5.69 Å². The topological polar surface area (TPSA) is 76.0 Å². The van der Waals surface area contributed by atoms with Crippen LogP contribution in [0.1, 0.15) is 42.6 Å². The van der Waals surface area contributed by atoms with Gasteiger partial charge in [0.05, 0.1) is 11.4 Å². The fourth-order valence-corrected chi connectivity index (χ4v) is 2.93. The number of nitrogens with one attached hydrogen (secondary N) is 2. The second kappa shape index (κ2) is 7.42. The number of aryl methyl sites for hydroxylation is 1. The number of aromatic nitrogens is 2. The highest BCUT2D eigenvalue weighted by Crippen LogP contribution is 2.23. The van der Waals surface area contributed by atoms with E-state index in [1.807, 2.05) is 0 Å². The normalized spacial score (nSPS) is 20.9. The van der Waals surface area contributed by atoms with Crippen LogP contribution in [0, 0.1) is 0 Å². The van der Waals surface area contributed by atoms with E-state index < -0.39 is 30.8 Å². The average Bonchev–Trinajstić information content (AvgIpc) is 3.02. The monoisotopic (exact) mass is 366 g/mol. The molecule has 2 amide bonds. The van der Waals surface area contributed by atoms with Crippen molar-refractivity contribution in [1.29, 1.82) is 0 Å². The number of amides is 2. The highest BCUT2D eigenvalue weighted by molar-refractivity contribution is 6.33. The number of alkyl halides is 3. The van der Waals surface area contributed by atoms with E-state index in [9.17, 15) is 22.8 Å². The molecule has 1 aromatic rings. The molecule has 10 heteroatoms. The Balaban J connectivity index is 1.78. The third-order valence-corrected chi connectivity index (χ3v) is 4.04. The number of hydrogen-bond acceptors (Lipinski definition) is 3. The number of nitrogens with zero attached hydrogens (tertiary/aromatic N) is 2. The zero-order valence-electron chi connectivity index (χ0n) is 13.0. The Morgan fingerprint density at radius 2 is 1.96 bits per heavy atom. The lowest BCUT2D eigenvalue weighted by molar-refractivity contribution is -0.144. The molecule has 1 aliphatic carbocycles. The second-order valence-electron chi connectivity index (χ2n) is 5.86. The molecular weight excluding hydrogens is 349 g/mol. The molecule has 0 spiro atoms. The van der Waals surface area contributed by atoms with Gasteiger partial charge in [0, 0.05) is 31.7 Å². The first-order valence-corrected chi connectivity index (χ1v) is 7.88. The second-order valence-corrected chi connectivity index (χ2v) is 6.27. The molecular formula is C14H18ClF3N4O2.